The predicted molar refractivity (Wildman–Crippen MR) is 141 cm³/mol. The summed E-state index contributed by atoms with van der Waals surface area (Å²) in [6.45, 7) is 8.73. The van der Waals surface area contributed by atoms with Crippen LogP contribution in [0.5, 0.6) is 0 Å². The Balaban J connectivity index is 1.07. The molecule has 1 unspecified atom stereocenters. The van der Waals surface area contributed by atoms with Gasteiger partial charge in [-0.15, -0.1) is 0 Å². The third-order valence-corrected chi connectivity index (χ3v) is 8.96. The fourth-order valence-electron chi connectivity index (χ4n) is 8.00. The Morgan fingerprint density at radius 1 is 1.14 bits per heavy atom. The highest BCUT2D eigenvalue weighted by atomic mass is 16.6. The summed E-state index contributed by atoms with van der Waals surface area (Å²) in [4.78, 5) is 27.7. The molecule has 0 aromatic carbocycles. The first kappa shape index (κ1) is 24.7. The lowest BCUT2D eigenvalue weighted by atomic mass is 9.49. The van der Waals surface area contributed by atoms with E-state index < -0.39 is 5.60 Å². The van der Waals surface area contributed by atoms with Gasteiger partial charge in [0.15, 0.2) is 0 Å². The standard InChI is InChI=1S/C29H41N5O3/c1-28(2,3)37-27(36)31-22-6-8-33(16-22)17-23-12-25-24(5-4-7-34(25)32-23)26(35)30-18-29-13-19-9-20(14-29)11-21(10-19)15-29/h4-5,7,12,19-22H,6,8-11,13-18H2,1-3H3,(H,30,35)(H,31,36). The number of aromatic nitrogens is 2. The molecule has 4 bridgehead atoms. The van der Waals surface area contributed by atoms with Crippen molar-refractivity contribution in [1.29, 1.82) is 0 Å². The molecule has 4 aliphatic carbocycles. The molecule has 0 spiro atoms. The third-order valence-electron chi connectivity index (χ3n) is 8.96. The van der Waals surface area contributed by atoms with Gasteiger partial charge in [-0.1, -0.05) is 0 Å². The van der Waals surface area contributed by atoms with Crippen LogP contribution in [0.1, 0.15) is 81.8 Å². The van der Waals surface area contributed by atoms with Crippen LogP contribution in [-0.4, -0.2) is 57.8 Å². The normalized spacial score (nSPS) is 31.1. The number of alkyl carbamates (subject to hydrolysis) is 1. The maximum atomic E-state index is 13.3. The zero-order valence-electron chi connectivity index (χ0n) is 22.5. The molecule has 2 N–H and O–H groups in total. The van der Waals surface area contributed by atoms with Crippen molar-refractivity contribution in [2.45, 2.75) is 83.9 Å². The number of fused-ring (bicyclic) bond motifs is 1. The molecule has 7 rings (SSSR count). The Morgan fingerprint density at radius 2 is 1.84 bits per heavy atom. The van der Waals surface area contributed by atoms with Crippen LogP contribution in [0.4, 0.5) is 4.79 Å². The van der Waals surface area contributed by atoms with E-state index in [1.165, 1.54) is 38.5 Å². The van der Waals surface area contributed by atoms with Crippen molar-refractivity contribution in [3.05, 3.63) is 35.7 Å². The fourth-order valence-corrected chi connectivity index (χ4v) is 8.00. The second kappa shape index (κ2) is 9.29. The highest BCUT2D eigenvalue weighted by Crippen LogP contribution is 2.59. The molecule has 5 fully saturated rings. The molecule has 2 amide bonds. The zero-order chi connectivity index (χ0) is 25.8. The lowest BCUT2D eigenvalue weighted by Crippen LogP contribution is -2.51. The highest BCUT2D eigenvalue weighted by molar-refractivity contribution is 6.00. The Kier molecular flexibility index (Phi) is 6.21. The summed E-state index contributed by atoms with van der Waals surface area (Å²) in [5, 5.41) is 11.1. The number of pyridine rings is 1. The largest absolute Gasteiger partial charge is 0.444 e. The second-order valence-electron chi connectivity index (χ2n) is 13.4. The van der Waals surface area contributed by atoms with E-state index in [1.54, 1.807) is 0 Å². The molecule has 1 aliphatic heterocycles. The summed E-state index contributed by atoms with van der Waals surface area (Å²) in [7, 11) is 0. The van der Waals surface area contributed by atoms with Gasteiger partial charge in [-0.25, -0.2) is 9.31 Å². The Morgan fingerprint density at radius 3 is 2.51 bits per heavy atom. The molecule has 8 nitrogen and oxygen atoms in total. The van der Waals surface area contributed by atoms with Crippen LogP contribution in [0.25, 0.3) is 5.52 Å². The maximum absolute atomic E-state index is 13.3. The molecular formula is C29H41N5O3. The SMILES string of the molecule is CC(C)(C)OC(=O)NC1CCN(Cc2cc3c(C(=O)NCC45CC6CC(CC(C6)C4)C5)cccn3n2)C1. The van der Waals surface area contributed by atoms with E-state index in [0.29, 0.717) is 17.5 Å². The van der Waals surface area contributed by atoms with Crippen LogP contribution in [0.2, 0.25) is 0 Å². The number of ether oxygens (including phenoxy) is 1. The van der Waals surface area contributed by atoms with Gasteiger partial charge in [0.05, 0.1) is 16.8 Å². The summed E-state index contributed by atoms with van der Waals surface area (Å²) in [6, 6.07) is 5.92. The minimum absolute atomic E-state index is 0.00981. The van der Waals surface area contributed by atoms with Crippen LogP contribution < -0.4 is 10.6 Å². The van der Waals surface area contributed by atoms with E-state index in [4.69, 9.17) is 9.84 Å². The molecule has 4 saturated carbocycles. The van der Waals surface area contributed by atoms with Crippen molar-refractivity contribution >= 4 is 17.5 Å². The number of amides is 2. The number of hydrogen-bond acceptors (Lipinski definition) is 5. The summed E-state index contributed by atoms with van der Waals surface area (Å²) in [5.74, 6) is 2.66. The van der Waals surface area contributed by atoms with Gasteiger partial charge in [0.1, 0.15) is 5.60 Å². The first-order valence-electron chi connectivity index (χ1n) is 14.1. The van der Waals surface area contributed by atoms with E-state index >= 15 is 0 Å². The monoisotopic (exact) mass is 507 g/mol. The quantitative estimate of drug-likeness (QED) is 0.606. The summed E-state index contributed by atoms with van der Waals surface area (Å²) in [6.07, 6.45) is 10.5. The molecule has 8 heteroatoms. The van der Waals surface area contributed by atoms with Crippen molar-refractivity contribution in [3.63, 3.8) is 0 Å². The number of nitrogens with zero attached hydrogens (tertiary/aromatic N) is 3. The van der Waals surface area contributed by atoms with Crippen molar-refractivity contribution in [1.82, 2.24) is 25.1 Å². The maximum Gasteiger partial charge on any atom is 0.407 e. The van der Waals surface area contributed by atoms with Crippen molar-refractivity contribution < 1.29 is 14.3 Å². The van der Waals surface area contributed by atoms with E-state index in [1.807, 2.05) is 49.7 Å². The molecular weight excluding hydrogens is 466 g/mol. The molecule has 5 aliphatic rings. The molecule has 37 heavy (non-hydrogen) atoms. The van der Waals surface area contributed by atoms with E-state index in [9.17, 15) is 9.59 Å². The molecule has 200 valence electrons. The van der Waals surface area contributed by atoms with Gasteiger partial charge in [-0.3, -0.25) is 9.69 Å². The number of carbonyl (C=O) groups excluding carboxylic acids is 2. The summed E-state index contributed by atoms with van der Waals surface area (Å²) >= 11 is 0. The zero-order valence-corrected chi connectivity index (χ0v) is 22.5. The van der Waals surface area contributed by atoms with Crippen LogP contribution >= 0.6 is 0 Å². The average molecular weight is 508 g/mol. The number of carbonyl (C=O) groups is 2. The Hall–Kier alpha value is -2.61. The predicted octanol–water partition coefficient (Wildman–Crippen LogP) is 4.38. The number of likely N-dealkylation sites (tertiary alicyclic amines) is 1. The number of rotatable bonds is 6. The van der Waals surface area contributed by atoms with Gasteiger partial charge >= 0.3 is 6.09 Å². The second-order valence-corrected chi connectivity index (χ2v) is 13.4. The summed E-state index contributed by atoms with van der Waals surface area (Å²) < 4.78 is 7.22. The summed E-state index contributed by atoms with van der Waals surface area (Å²) in [5.41, 5.74) is 2.29. The molecule has 1 atom stereocenters. The average Bonchev–Trinajstić information content (AvgIpc) is 3.41. The van der Waals surface area contributed by atoms with Gasteiger partial charge in [-0.05, 0) is 107 Å². The van der Waals surface area contributed by atoms with Gasteiger partial charge in [-0.2, -0.15) is 5.10 Å². The highest BCUT2D eigenvalue weighted by Gasteiger charge is 2.50. The lowest BCUT2D eigenvalue weighted by Gasteiger charge is -2.56. The van der Waals surface area contributed by atoms with Gasteiger partial charge in [0, 0.05) is 38.4 Å². The van der Waals surface area contributed by atoms with Crippen LogP contribution in [0, 0.1) is 23.2 Å². The van der Waals surface area contributed by atoms with E-state index in [2.05, 4.69) is 15.5 Å². The molecule has 3 heterocycles. The Bertz CT molecular complexity index is 1150. The van der Waals surface area contributed by atoms with Crippen molar-refractivity contribution in [3.8, 4) is 0 Å². The molecule has 0 radical (unpaired) electrons. The minimum Gasteiger partial charge on any atom is -0.444 e. The lowest BCUT2D eigenvalue weighted by molar-refractivity contribution is -0.0503. The minimum atomic E-state index is -0.502. The molecule has 2 aromatic heterocycles. The van der Waals surface area contributed by atoms with E-state index in [-0.39, 0.29) is 18.0 Å². The fraction of sp³-hybridized carbons (Fsp3) is 0.690. The number of hydrogen-bond donors (Lipinski definition) is 2. The molecule has 2 aromatic rings. The van der Waals surface area contributed by atoms with Gasteiger partial charge in [0.25, 0.3) is 5.91 Å². The molecule has 1 saturated heterocycles. The topological polar surface area (TPSA) is 88.0 Å². The van der Waals surface area contributed by atoms with Crippen LogP contribution in [-0.2, 0) is 11.3 Å². The smallest absolute Gasteiger partial charge is 0.407 e. The Labute approximate surface area is 219 Å². The van der Waals surface area contributed by atoms with E-state index in [0.717, 1.165) is 55.0 Å². The van der Waals surface area contributed by atoms with Gasteiger partial charge in [0.2, 0.25) is 0 Å². The third kappa shape index (κ3) is 5.35. The first-order chi connectivity index (χ1) is 17.6. The number of nitrogens with one attached hydrogen (secondary N) is 2. The van der Waals surface area contributed by atoms with Crippen molar-refractivity contribution in [2.75, 3.05) is 19.6 Å². The first-order valence-corrected chi connectivity index (χ1v) is 14.1. The van der Waals surface area contributed by atoms with Crippen LogP contribution in [0.3, 0.4) is 0 Å². The van der Waals surface area contributed by atoms with Crippen LogP contribution in [0.15, 0.2) is 24.4 Å². The van der Waals surface area contributed by atoms with Gasteiger partial charge < -0.3 is 15.4 Å². The van der Waals surface area contributed by atoms with Crippen molar-refractivity contribution in [2.24, 2.45) is 23.2 Å².